The van der Waals surface area contributed by atoms with Gasteiger partial charge in [-0.2, -0.15) is 4.98 Å². The zero-order valence-electron chi connectivity index (χ0n) is 9.14. The fraction of sp³-hybridized carbons (Fsp3) is 0.167. The van der Waals surface area contributed by atoms with Gasteiger partial charge in [0, 0.05) is 25.2 Å². The number of rotatable bonds is 3. The van der Waals surface area contributed by atoms with Crippen molar-refractivity contribution in [1.29, 1.82) is 0 Å². The number of hydrogen-bond acceptors (Lipinski definition) is 4. The minimum atomic E-state index is 0.293. The monoisotopic (exact) mass is 214 g/mol. The molecule has 82 valence electrons. The van der Waals surface area contributed by atoms with Crippen LogP contribution in [0.2, 0.25) is 0 Å². The average molecular weight is 214 g/mol. The standard InChI is InChI=1S/C12H14N4/c1-14-11-10(8-15-12(13)16-11)7-9-5-3-2-4-6-9/h2-6,8H,7H2,1H3,(H3,13,14,15,16). The van der Waals surface area contributed by atoms with Crippen molar-refractivity contribution in [3.8, 4) is 0 Å². The molecular formula is C12H14N4. The maximum absolute atomic E-state index is 5.53. The summed E-state index contributed by atoms with van der Waals surface area (Å²) < 4.78 is 0. The number of hydrogen-bond donors (Lipinski definition) is 2. The van der Waals surface area contributed by atoms with Crippen molar-refractivity contribution < 1.29 is 0 Å². The molecule has 0 fully saturated rings. The SMILES string of the molecule is CNc1nc(N)ncc1Cc1ccccc1. The molecule has 0 aliphatic heterocycles. The van der Waals surface area contributed by atoms with E-state index in [2.05, 4.69) is 27.4 Å². The van der Waals surface area contributed by atoms with Crippen molar-refractivity contribution in [1.82, 2.24) is 9.97 Å². The molecule has 4 heteroatoms. The van der Waals surface area contributed by atoms with Crippen molar-refractivity contribution >= 4 is 11.8 Å². The van der Waals surface area contributed by atoms with E-state index in [1.807, 2.05) is 25.2 Å². The topological polar surface area (TPSA) is 63.8 Å². The lowest BCUT2D eigenvalue weighted by molar-refractivity contribution is 1.08. The molecule has 0 radical (unpaired) electrons. The maximum Gasteiger partial charge on any atom is 0.221 e. The molecular weight excluding hydrogens is 200 g/mol. The lowest BCUT2D eigenvalue weighted by Crippen LogP contribution is -2.04. The summed E-state index contributed by atoms with van der Waals surface area (Å²) in [5.74, 6) is 1.08. The highest BCUT2D eigenvalue weighted by Gasteiger charge is 2.04. The highest BCUT2D eigenvalue weighted by Crippen LogP contribution is 2.16. The molecule has 0 unspecified atom stereocenters. The molecule has 1 aromatic carbocycles. The fourth-order valence-electron chi connectivity index (χ4n) is 1.58. The highest BCUT2D eigenvalue weighted by molar-refractivity contribution is 5.47. The van der Waals surface area contributed by atoms with Gasteiger partial charge in [0.1, 0.15) is 5.82 Å². The van der Waals surface area contributed by atoms with E-state index in [1.165, 1.54) is 5.56 Å². The Morgan fingerprint density at radius 1 is 1.25 bits per heavy atom. The zero-order chi connectivity index (χ0) is 11.4. The van der Waals surface area contributed by atoms with Crippen molar-refractivity contribution in [3.63, 3.8) is 0 Å². The minimum absolute atomic E-state index is 0.293. The molecule has 0 atom stereocenters. The van der Waals surface area contributed by atoms with Crippen molar-refractivity contribution in [2.75, 3.05) is 18.1 Å². The summed E-state index contributed by atoms with van der Waals surface area (Å²) in [6, 6.07) is 10.2. The highest BCUT2D eigenvalue weighted by atomic mass is 15.1. The van der Waals surface area contributed by atoms with Gasteiger partial charge in [0.05, 0.1) is 0 Å². The van der Waals surface area contributed by atoms with Gasteiger partial charge in [0.2, 0.25) is 5.95 Å². The molecule has 1 aromatic heterocycles. The third kappa shape index (κ3) is 2.28. The molecule has 16 heavy (non-hydrogen) atoms. The van der Waals surface area contributed by atoms with Crippen LogP contribution in [0.4, 0.5) is 11.8 Å². The lowest BCUT2D eigenvalue weighted by atomic mass is 10.1. The van der Waals surface area contributed by atoms with E-state index in [0.717, 1.165) is 17.8 Å². The molecule has 4 nitrogen and oxygen atoms in total. The summed E-state index contributed by atoms with van der Waals surface area (Å²) in [6.45, 7) is 0. The molecule has 3 N–H and O–H groups in total. The summed E-state index contributed by atoms with van der Waals surface area (Å²) in [4.78, 5) is 8.15. The van der Waals surface area contributed by atoms with Gasteiger partial charge in [-0.15, -0.1) is 0 Å². The van der Waals surface area contributed by atoms with Crippen LogP contribution in [0.3, 0.4) is 0 Å². The quantitative estimate of drug-likeness (QED) is 0.816. The van der Waals surface area contributed by atoms with Crippen LogP contribution in [0.15, 0.2) is 36.5 Å². The van der Waals surface area contributed by atoms with Gasteiger partial charge in [-0.1, -0.05) is 30.3 Å². The van der Waals surface area contributed by atoms with Crippen molar-refractivity contribution in [2.24, 2.45) is 0 Å². The first-order chi connectivity index (χ1) is 7.79. The van der Waals surface area contributed by atoms with Crippen LogP contribution < -0.4 is 11.1 Å². The molecule has 0 aliphatic carbocycles. The van der Waals surface area contributed by atoms with Gasteiger partial charge in [-0.3, -0.25) is 0 Å². The number of anilines is 2. The molecule has 0 amide bonds. The van der Waals surface area contributed by atoms with Gasteiger partial charge in [-0.05, 0) is 5.56 Å². The average Bonchev–Trinajstić information content (AvgIpc) is 2.33. The predicted octanol–water partition coefficient (Wildman–Crippen LogP) is 1.69. The van der Waals surface area contributed by atoms with E-state index in [9.17, 15) is 0 Å². The summed E-state index contributed by atoms with van der Waals surface area (Å²) >= 11 is 0. The number of nitrogen functional groups attached to an aromatic ring is 1. The Bertz CT molecular complexity index is 468. The first-order valence-corrected chi connectivity index (χ1v) is 5.12. The van der Waals surface area contributed by atoms with Gasteiger partial charge in [0.25, 0.3) is 0 Å². The molecule has 2 aromatic rings. The number of benzene rings is 1. The Balaban J connectivity index is 2.28. The van der Waals surface area contributed by atoms with E-state index in [1.54, 1.807) is 6.20 Å². The first-order valence-electron chi connectivity index (χ1n) is 5.12. The van der Waals surface area contributed by atoms with Crippen LogP contribution >= 0.6 is 0 Å². The number of aromatic nitrogens is 2. The largest absolute Gasteiger partial charge is 0.373 e. The normalized spacial score (nSPS) is 10.1. The summed E-state index contributed by atoms with van der Waals surface area (Å²) in [7, 11) is 1.83. The van der Waals surface area contributed by atoms with Crippen LogP contribution in [0.25, 0.3) is 0 Å². The third-order valence-corrected chi connectivity index (χ3v) is 2.36. The summed E-state index contributed by atoms with van der Waals surface area (Å²) in [5, 5.41) is 3.03. The fourth-order valence-corrected chi connectivity index (χ4v) is 1.58. The van der Waals surface area contributed by atoms with Crippen LogP contribution in [0, 0.1) is 0 Å². The Morgan fingerprint density at radius 2 is 2.00 bits per heavy atom. The van der Waals surface area contributed by atoms with Crippen LogP contribution in [0.1, 0.15) is 11.1 Å². The van der Waals surface area contributed by atoms with Gasteiger partial charge < -0.3 is 11.1 Å². The second-order valence-electron chi connectivity index (χ2n) is 3.51. The zero-order valence-corrected chi connectivity index (χ0v) is 9.14. The molecule has 0 aliphatic rings. The summed E-state index contributed by atoms with van der Waals surface area (Å²) in [6.07, 6.45) is 2.57. The Morgan fingerprint density at radius 3 is 2.69 bits per heavy atom. The molecule has 0 saturated heterocycles. The maximum atomic E-state index is 5.53. The Hall–Kier alpha value is -2.10. The van der Waals surface area contributed by atoms with E-state index < -0.39 is 0 Å². The number of nitrogens with one attached hydrogen (secondary N) is 1. The molecule has 1 heterocycles. The van der Waals surface area contributed by atoms with Crippen molar-refractivity contribution in [3.05, 3.63) is 47.7 Å². The van der Waals surface area contributed by atoms with E-state index >= 15 is 0 Å². The van der Waals surface area contributed by atoms with Gasteiger partial charge in [0.15, 0.2) is 0 Å². The molecule has 0 spiro atoms. The van der Waals surface area contributed by atoms with E-state index in [0.29, 0.717) is 5.95 Å². The second kappa shape index (κ2) is 4.61. The smallest absolute Gasteiger partial charge is 0.221 e. The first kappa shape index (κ1) is 10.4. The van der Waals surface area contributed by atoms with Gasteiger partial charge >= 0.3 is 0 Å². The van der Waals surface area contributed by atoms with Crippen LogP contribution in [-0.4, -0.2) is 17.0 Å². The number of nitrogens with two attached hydrogens (primary N) is 1. The van der Waals surface area contributed by atoms with E-state index in [-0.39, 0.29) is 0 Å². The van der Waals surface area contributed by atoms with Gasteiger partial charge in [-0.25, -0.2) is 4.98 Å². The summed E-state index contributed by atoms with van der Waals surface area (Å²) in [5.41, 5.74) is 7.81. The second-order valence-corrected chi connectivity index (χ2v) is 3.51. The lowest BCUT2D eigenvalue weighted by Gasteiger charge is -2.07. The molecule has 2 rings (SSSR count). The third-order valence-electron chi connectivity index (χ3n) is 2.36. The minimum Gasteiger partial charge on any atom is -0.373 e. The number of nitrogens with zero attached hydrogens (tertiary/aromatic N) is 2. The Labute approximate surface area is 94.5 Å². The molecule has 0 bridgehead atoms. The van der Waals surface area contributed by atoms with Crippen molar-refractivity contribution in [2.45, 2.75) is 6.42 Å². The van der Waals surface area contributed by atoms with Crippen LogP contribution in [-0.2, 0) is 6.42 Å². The Kier molecular flexibility index (Phi) is 3.00. The molecule has 0 saturated carbocycles. The predicted molar refractivity (Wildman–Crippen MR) is 65.2 cm³/mol. The van der Waals surface area contributed by atoms with E-state index in [4.69, 9.17) is 5.73 Å². The van der Waals surface area contributed by atoms with Crippen LogP contribution in [0.5, 0.6) is 0 Å².